The van der Waals surface area contributed by atoms with Crippen molar-refractivity contribution in [2.45, 2.75) is 26.8 Å². The predicted octanol–water partition coefficient (Wildman–Crippen LogP) is 4.19. The van der Waals surface area contributed by atoms with E-state index in [-0.39, 0.29) is 12.1 Å². The Bertz CT molecular complexity index is 668. The number of ether oxygens (including phenoxy) is 1. The Hall–Kier alpha value is -2.49. The Morgan fingerprint density at radius 3 is 2.59 bits per heavy atom. The first-order chi connectivity index (χ1) is 10.5. The summed E-state index contributed by atoms with van der Waals surface area (Å²) < 4.78 is 5.23. The van der Waals surface area contributed by atoms with Crippen LogP contribution in [0.15, 0.2) is 42.5 Å². The summed E-state index contributed by atoms with van der Waals surface area (Å²) in [7, 11) is 1.58. The first-order valence-electron chi connectivity index (χ1n) is 7.29. The third-order valence-corrected chi connectivity index (χ3v) is 3.60. The van der Waals surface area contributed by atoms with E-state index in [2.05, 4.69) is 28.8 Å². The molecule has 0 heterocycles. The van der Waals surface area contributed by atoms with Crippen LogP contribution in [0.5, 0.6) is 5.75 Å². The van der Waals surface area contributed by atoms with Crippen molar-refractivity contribution in [2.24, 2.45) is 0 Å². The fourth-order valence-electron chi connectivity index (χ4n) is 2.41. The van der Waals surface area contributed by atoms with Gasteiger partial charge in [-0.1, -0.05) is 35.9 Å². The topological polar surface area (TPSA) is 50.4 Å². The van der Waals surface area contributed by atoms with E-state index in [4.69, 9.17) is 4.74 Å². The van der Waals surface area contributed by atoms with Crippen molar-refractivity contribution in [1.29, 1.82) is 0 Å². The van der Waals surface area contributed by atoms with Gasteiger partial charge >= 0.3 is 6.03 Å². The van der Waals surface area contributed by atoms with Gasteiger partial charge in [0.1, 0.15) is 5.75 Å². The zero-order valence-corrected chi connectivity index (χ0v) is 13.4. The van der Waals surface area contributed by atoms with Gasteiger partial charge in [-0.3, -0.25) is 0 Å². The van der Waals surface area contributed by atoms with Crippen LogP contribution in [0.4, 0.5) is 10.5 Å². The van der Waals surface area contributed by atoms with E-state index in [0.717, 1.165) is 11.1 Å². The molecule has 0 aromatic heterocycles. The number of para-hydroxylation sites is 2. The van der Waals surface area contributed by atoms with Gasteiger partial charge in [-0.05, 0) is 44.0 Å². The lowest BCUT2D eigenvalue weighted by molar-refractivity contribution is 0.249. The van der Waals surface area contributed by atoms with Gasteiger partial charge in [-0.15, -0.1) is 0 Å². The number of hydrogen-bond donors (Lipinski definition) is 2. The Kier molecular flexibility index (Phi) is 5.04. The van der Waals surface area contributed by atoms with E-state index in [1.165, 1.54) is 5.56 Å². The van der Waals surface area contributed by atoms with Crippen LogP contribution in [0.2, 0.25) is 0 Å². The van der Waals surface area contributed by atoms with Gasteiger partial charge in [0.15, 0.2) is 0 Å². The average Bonchev–Trinajstić information content (AvgIpc) is 2.50. The first-order valence-corrected chi connectivity index (χ1v) is 7.29. The minimum absolute atomic E-state index is 0.0744. The number of hydrogen-bond acceptors (Lipinski definition) is 2. The molecule has 0 saturated heterocycles. The van der Waals surface area contributed by atoms with Crippen molar-refractivity contribution in [3.05, 3.63) is 59.2 Å². The van der Waals surface area contributed by atoms with Crippen molar-refractivity contribution in [3.63, 3.8) is 0 Å². The van der Waals surface area contributed by atoms with Crippen LogP contribution in [0.25, 0.3) is 0 Å². The maximum Gasteiger partial charge on any atom is 0.319 e. The van der Waals surface area contributed by atoms with E-state index >= 15 is 0 Å². The molecule has 0 aliphatic heterocycles. The number of methoxy groups -OCH3 is 1. The zero-order chi connectivity index (χ0) is 16.1. The van der Waals surface area contributed by atoms with Gasteiger partial charge in [-0.25, -0.2) is 4.79 Å². The smallest absolute Gasteiger partial charge is 0.319 e. The quantitative estimate of drug-likeness (QED) is 0.889. The molecule has 4 nitrogen and oxygen atoms in total. The highest BCUT2D eigenvalue weighted by Gasteiger charge is 2.13. The lowest BCUT2D eigenvalue weighted by Gasteiger charge is -2.18. The second-order valence-corrected chi connectivity index (χ2v) is 5.38. The summed E-state index contributed by atoms with van der Waals surface area (Å²) in [5.74, 6) is 0.636. The third-order valence-electron chi connectivity index (χ3n) is 3.60. The average molecular weight is 298 g/mol. The number of aryl methyl sites for hydroxylation is 2. The zero-order valence-electron chi connectivity index (χ0n) is 13.4. The molecule has 1 atom stereocenters. The Morgan fingerprint density at radius 1 is 1.14 bits per heavy atom. The summed E-state index contributed by atoms with van der Waals surface area (Å²) >= 11 is 0. The maximum atomic E-state index is 12.2. The molecule has 2 aromatic rings. The molecular formula is C18H22N2O2. The fourth-order valence-corrected chi connectivity index (χ4v) is 2.41. The van der Waals surface area contributed by atoms with Gasteiger partial charge in [0.05, 0.1) is 18.8 Å². The van der Waals surface area contributed by atoms with Crippen LogP contribution in [0.1, 0.15) is 29.7 Å². The van der Waals surface area contributed by atoms with Crippen molar-refractivity contribution < 1.29 is 9.53 Å². The number of amides is 2. The highest BCUT2D eigenvalue weighted by Crippen LogP contribution is 2.23. The third kappa shape index (κ3) is 3.79. The lowest BCUT2D eigenvalue weighted by atomic mass is 10.0. The molecule has 116 valence electrons. The highest BCUT2D eigenvalue weighted by atomic mass is 16.5. The normalized spacial score (nSPS) is 11.6. The van der Waals surface area contributed by atoms with Crippen molar-refractivity contribution in [1.82, 2.24) is 5.32 Å². The van der Waals surface area contributed by atoms with E-state index in [0.29, 0.717) is 11.4 Å². The number of urea groups is 1. The van der Waals surface area contributed by atoms with Crippen molar-refractivity contribution in [3.8, 4) is 5.75 Å². The van der Waals surface area contributed by atoms with E-state index in [1.807, 2.05) is 39.0 Å². The number of anilines is 1. The largest absolute Gasteiger partial charge is 0.495 e. The number of benzene rings is 2. The molecule has 2 aromatic carbocycles. The number of nitrogens with one attached hydrogen (secondary N) is 2. The fraction of sp³-hybridized carbons (Fsp3) is 0.278. The molecule has 0 saturated carbocycles. The SMILES string of the molecule is COc1ccccc1NC(=O)N[C@H](C)c1cc(C)ccc1C. The Labute approximate surface area is 131 Å². The van der Waals surface area contributed by atoms with Crippen LogP contribution in [0.3, 0.4) is 0 Å². The van der Waals surface area contributed by atoms with E-state index < -0.39 is 0 Å². The van der Waals surface area contributed by atoms with E-state index in [1.54, 1.807) is 13.2 Å². The maximum absolute atomic E-state index is 12.2. The molecule has 22 heavy (non-hydrogen) atoms. The molecule has 0 aliphatic carbocycles. The molecule has 2 amide bonds. The first kappa shape index (κ1) is 15.9. The molecule has 0 aliphatic rings. The monoisotopic (exact) mass is 298 g/mol. The summed E-state index contributed by atoms with van der Waals surface area (Å²) in [4.78, 5) is 12.2. The lowest BCUT2D eigenvalue weighted by Crippen LogP contribution is -2.31. The molecular weight excluding hydrogens is 276 g/mol. The molecule has 0 unspecified atom stereocenters. The Morgan fingerprint density at radius 2 is 1.86 bits per heavy atom. The number of rotatable bonds is 4. The molecule has 4 heteroatoms. The van der Waals surface area contributed by atoms with Crippen LogP contribution >= 0.6 is 0 Å². The minimum atomic E-state index is -0.252. The summed E-state index contributed by atoms with van der Waals surface area (Å²) in [6.07, 6.45) is 0. The summed E-state index contributed by atoms with van der Waals surface area (Å²) in [6.45, 7) is 6.07. The van der Waals surface area contributed by atoms with Crippen LogP contribution < -0.4 is 15.4 Å². The van der Waals surface area contributed by atoms with Crippen LogP contribution in [0, 0.1) is 13.8 Å². The van der Waals surface area contributed by atoms with Gasteiger partial charge in [0, 0.05) is 0 Å². The molecule has 0 spiro atoms. The van der Waals surface area contributed by atoms with Gasteiger partial charge < -0.3 is 15.4 Å². The standard InChI is InChI=1S/C18H22N2O2/c1-12-9-10-13(2)15(11-12)14(3)19-18(21)20-16-7-5-6-8-17(16)22-4/h5-11,14H,1-4H3,(H2,19,20,21)/t14-/m1/s1. The number of carbonyl (C=O) groups excluding carboxylic acids is 1. The molecule has 2 N–H and O–H groups in total. The van der Waals surface area contributed by atoms with Crippen LogP contribution in [-0.2, 0) is 0 Å². The van der Waals surface area contributed by atoms with Crippen molar-refractivity contribution in [2.75, 3.05) is 12.4 Å². The molecule has 0 bridgehead atoms. The summed E-state index contributed by atoms with van der Waals surface area (Å²) in [5.41, 5.74) is 4.11. The second kappa shape index (κ2) is 6.98. The van der Waals surface area contributed by atoms with E-state index in [9.17, 15) is 4.79 Å². The summed E-state index contributed by atoms with van der Waals surface area (Å²) in [6, 6.07) is 13.2. The Balaban J connectivity index is 2.07. The minimum Gasteiger partial charge on any atom is -0.495 e. The highest BCUT2D eigenvalue weighted by molar-refractivity contribution is 5.91. The second-order valence-electron chi connectivity index (χ2n) is 5.38. The molecule has 2 rings (SSSR count). The molecule has 0 radical (unpaired) electrons. The molecule has 0 fully saturated rings. The summed E-state index contributed by atoms with van der Waals surface area (Å²) in [5, 5.41) is 5.78. The number of carbonyl (C=O) groups is 1. The van der Waals surface area contributed by atoms with Crippen LogP contribution in [-0.4, -0.2) is 13.1 Å². The van der Waals surface area contributed by atoms with Crippen molar-refractivity contribution >= 4 is 11.7 Å². The van der Waals surface area contributed by atoms with Gasteiger partial charge in [-0.2, -0.15) is 0 Å². The van der Waals surface area contributed by atoms with Gasteiger partial charge in [0.2, 0.25) is 0 Å². The van der Waals surface area contributed by atoms with Gasteiger partial charge in [0.25, 0.3) is 0 Å². The predicted molar refractivity (Wildman–Crippen MR) is 89.5 cm³/mol.